The highest BCUT2D eigenvalue weighted by Crippen LogP contribution is 2.13. The third kappa shape index (κ3) is 10.8. The Labute approximate surface area is 141 Å². The molecule has 0 aliphatic carbocycles. The zero-order chi connectivity index (χ0) is 15.6. The summed E-state index contributed by atoms with van der Waals surface area (Å²) in [5.41, 5.74) is 0.106. The summed E-state index contributed by atoms with van der Waals surface area (Å²) in [7, 11) is 1.30. The molecule has 0 aliphatic rings. The van der Waals surface area contributed by atoms with Crippen molar-refractivity contribution in [2.24, 2.45) is 0 Å². The van der Waals surface area contributed by atoms with Crippen molar-refractivity contribution in [3.05, 3.63) is 23.9 Å². The van der Waals surface area contributed by atoms with Crippen LogP contribution in [0.15, 0.2) is 18.2 Å². The summed E-state index contributed by atoms with van der Waals surface area (Å²) in [4.78, 5) is 15.2. The maximum atomic E-state index is 11.0. The van der Waals surface area contributed by atoms with Crippen molar-refractivity contribution >= 4 is 53.7 Å². The molecule has 0 saturated carbocycles. The second-order valence-electron chi connectivity index (χ2n) is 4.54. The number of nitrogens with zero attached hydrogens (tertiary/aromatic N) is 1. The second kappa shape index (κ2) is 10.8. The molecule has 0 spiro atoms. The number of rotatable bonds is 4. The van der Waals surface area contributed by atoms with Crippen LogP contribution in [-0.4, -0.2) is 44.9 Å². The molecule has 0 saturated heterocycles. The van der Waals surface area contributed by atoms with Gasteiger partial charge < -0.3 is 9.84 Å². The van der Waals surface area contributed by atoms with Crippen molar-refractivity contribution in [2.45, 2.75) is 32.3 Å². The van der Waals surface area contributed by atoms with E-state index in [9.17, 15) is 9.90 Å². The van der Waals surface area contributed by atoms with Gasteiger partial charge in [0, 0.05) is 5.69 Å². The van der Waals surface area contributed by atoms with E-state index in [0.29, 0.717) is 18.7 Å². The van der Waals surface area contributed by atoms with E-state index in [0.717, 1.165) is 5.69 Å². The van der Waals surface area contributed by atoms with Crippen LogP contribution in [0.1, 0.15) is 26.0 Å². The van der Waals surface area contributed by atoms with Gasteiger partial charge in [0.25, 0.3) is 0 Å². The topological polar surface area (TPSA) is 71.5 Å². The van der Waals surface area contributed by atoms with Gasteiger partial charge >= 0.3 is 22.1 Å². The van der Waals surface area contributed by atoms with Gasteiger partial charge in [0.15, 0.2) is 0 Å². The smallest absolute Gasteiger partial charge is 0.453 e. The lowest BCUT2D eigenvalue weighted by atomic mass is 10.0. The molecule has 2 N–H and O–H groups in total. The van der Waals surface area contributed by atoms with Gasteiger partial charge in [-0.15, -0.1) is 0 Å². The molecular weight excluding hydrogens is 404 g/mol. The van der Waals surface area contributed by atoms with Gasteiger partial charge in [-0.3, -0.25) is 31.1 Å². The zero-order valence-electron chi connectivity index (χ0n) is 11.8. The molecule has 0 fully saturated rings. The second-order valence-corrected chi connectivity index (χ2v) is 12.6. The molecule has 110 valence electrons. The number of carbonyl (C=O) groups is 1. The van der Waals surface area contributed by atoms with E-state index < -0.39 is 11.7 Å². The molecule has 0 atom stereocenters. The number of aryl methyl sites for hydroxylation is 1. The number of carbonyl (C=O) groups excluding carboxylic acids is 1. The number of pyridine rings is 1. The van der Waals surface area contributed by atoms with E-state index in [1.165, 1.54) is 7.11 Å². The molecule has 0 bridgehead atoms. The van der Waals surface area contributed by atoms with Crippen molar-refractivity contribution in [2.75, 3.05) is 12.4 Å². The fourth-order valence-electron chi connectivity index (χ4n) is 1.28. The first kappa shape index (κ1) is 20.1. The van der Waals surface area contributed by atoms with Crippen LogP contribution in [0.4, 0.5) is 10.6 Å². The van der Waals surface area contributed by atoms with Crippen LogP contribution in [0, 0.1) is 0 Å². The predicted molar refractivity (Wildman–Crippen MR) is 88.5 cm³/mol. The lowest BCUT2D eigenvalue weighted by Crippen LogP contribution is -2.19. The molecule has 1 heterocycles. The van der Waals surface area contributed by atoms with E-state index in [2.05, 4.69) is 40.8 Å². The summed E-state index contributed by atoms with van der Waals surface area (Å²) in [5, 5.41) is 12.1. The average Bonchev–Trinajstić information content (AvgIpc) is 2.37. The first-order chi connectivity index (χ1) is 9.32. The first-order valence-corrected chi connectivity index (χ1v) is 13.8. The molecule has 0 unspecified atom stereocenters. The number of amides is 1. The highest BCUT2D eigenvalue weighted by atomic mass is 79.9. The number of hydrogen-bond donors (Lipinski definition) is 2. The van der Waals surface area contributed by atoms with Gasteiger partial charge in [0.2, 0.25) is 0 Å². The molecule has 5 nitrogen and oxygen atoms in total. The van der Waals surface area contributed by atoms with Crippen molar-refractivity contribution in [1.29, 1.82) is 0 Å². The van der Waals surface area contributed by atoms with Crippen LogP contribution in [0.3, 0.4) is 0 Å². The molecule has 20 heavy (non-hydrogen) atoms. The van der Waals surface area contributed by atoms with E-state index in [1.54, 1.807) is 26.0 Å². The van der Waals surface area contributed by atoms with Crippen LogP contribution in [-0.2, 0) is 11.2 Å². The summed E-state index contributed by atoms with van der Waals surface area (Å²) in [5.74, 6) is 0.449. The van der Waals surface area contributed by atoms with E-state index in [1.807, 2.05) is 6.07 Å². The van der Waals surface area contributed by atoms with Crippen LogP contribution < -0.4 is 5.32 Å². The highest BCUT2D eigenvalue weighted by molar-refractivity contribution is 9.47. The Morgan fingerprint density at radius 1 is 1.50 bits per heavy atom. The Morgan fingerprint density at radius 2 is 2.10 bits per heavy atom. The zero-order valence-corrected chi connectivity index (χ0v) is 16.4. The molecule has 0 radical (unpaired) electrons. The van der Waals surface area contributed by atoms with Gasteiger partial charge in [-0.05, 0) is 38.8 Å². The fourth-order valence-corrected chi connectivity index (χ4v) is 1.28. The van der Waals surface area contributed by atoms with Gasteiger partial charge in [-0.1, -0.05) is 6.07 Å². The predicted octanol–water partition coefficient (Wildman–Crippen LogP) is 3.27. The summed E-state index contributed by atoms with van der Waals surface area (Å²) in [6, 6.07) is 5.34. The maximum Gasteiger partial charge on any atom is 0.560 e. The summed E-state index contributed by atoms with van der Waals surface area (Å²) in [6.07, 6.45) is 0.721. The molecule has 1 aromatic heterocycles. The van der Waals surface area contributed by atoms with Crippen molar-refractivity contribution in [3.8, 4) is 0 Å². The van der Waals surface area contributed by atoms with Crippen LogP contribution in [0.25, 0.3) is 0 Å². The first-order valence-electron chi connectivity index (χ1n) is 5.97. The number of anilines is 1. The lowest BCUT2D eigenvalue weighted by molar-refractivity contribution is 0.0711. The van der Waals surface area contributed by atoms with Crippen molar-refractivity contribution in [1.82, 2.24) is 4.98 Å². The molecular formula is C12H18Br2MgN2O3. The van der Waals surface area contributed by atoms with E-state index in [-0.39, 0.29) is 16.0 Å². The SMILES string of the molecule is COC(=O)Nc1cccc(CCC(C)(C)O)n1.[Br][Mg][Br]. The van der Waals surface area contributed by atoms with Crippen molar-refractivity contribution < 1.29 is 14.6 Å². The number of nitrogens with one attached hydrogen (secondary N) is 1. The Balaban J connectivity index is 0.00000110. The van der Waals surface area contributed by atoms with Gasteiger partial charge in [-0.25, -0.2) is 9.78 Å². The normalized spacial score (nSPS) is 9.90. The van der Waals surface area contributed by atoms with E-state index in [4.69, 9.17) is 0 Å². The fraction of sp³-hybridized carbons (Fsp3) is 0.500. The molecule has 8 heteroatoms. The van der Waals surface area contributed by atoms with Crippen LogP contribution >= 0.6 is 25.8 Å². The monoisotopic (exact) mass is 420 g/mol. The number of aromatic nitrogens is 1. The number of halogens is 2. The number of aliphatic hydroxyl groups is 1. The van der Waals surface area contributed by atoms with Gasteiger partial charge in [0.1, 0.15) is 5.82 Å². The number of hydrogen-bond acceptors (Lipinski definition) is 4. The quantitative estimate of drug-likeness (QED) is 0.731. The minimum atomic E-state index is -0.715. The molecule has 1 rings (SSSR count). The Morgan fingerprint density at radius 3 is 2.60 bits per heavy atom. The Hall–Kier alpha value is 0.106. The maximum absolute atomic E-state index is 11.0. The number of ether oxygens (including phenoxy) is 1. The minimum absolute atomic E-state index is 0.0417. The minimum Gasteiger partial charge on any atom is -0.453 e. The van der Waals surface area contributed by atoms with Gasteiger partial charge in [-0.2, -0.15) is 0 Å². The third-order valence-electron chi connectivity index (χ3n) is 2.22. The van der Waals surface area contributed by atoms with Crippen molar-refractivity contribution in [3.63, 3.8) is 0 Å². The average molecular weight is 422 g/mol. The standard InChI is InChI=1S/C12H18N2O3.2BrH.Mg/c1-12(2,16)8-7-9-5-4-6-10(13-9)14-11(15)17-3;;;/h4-6,16H,7-8H2,1-3H3,(H,13,14,15);2*1H;/q;;;+2/p-2. The highest BCUT2D eigenvalue weighted by Gasteiger charge is 2.12. The van der Waals surface area contributed by atoms with E-state index >= 15 is 0 Å². The van der Waals surface area contributed by atoms with Crippen LogP contribution in [0.2, 0.25) is 0 Å². The molecule has 0 aromatic carbocycles. The molecule has 1 aromatic rings. The summed E-state index contributed by atoms with van der Waals surface area (Å²) < 4.78 is 4.48. The largest absolute Gasteiger partial charge is 0.560 e. The summed E-state index contributed by atoms with van der Waals surface area (Å²) in [6.45, 7) is 3.51. The van der Waals surface area contributed by atoms with Gasteiger partial charge in [0.05, 0.1) is 12.7 Å². The lowest BCUT2D eigenvalue weighted by Gasteiger charge is -2.16. The number of methoxy groups -OCH3 is 1. The van der Waals surface area contributed by atoms with Crippen LogP contribution in [0.5, 0.6) is 0 Å². The Kier molecular flexibility index (Phi) is 10.8. The summed E-state index contributed by atoms with van der Waals surface area (Å²) >= 11 is 6.44. The molecule has 0 aliphatic heterocycles. The Bertz CT molecular complexity index is 414. The third-order valence-corrected chi connectivity index (χ3v) is 2.22. The molecule has 1 amide bonds.